The zero-order valence-electron chi connectivity index (χ0n) is 23.2. The minimum Gasteiger partial charge on any atom is -0.496 e. The Morgan fingerprint density at radius 3 is 1.90 bits per heavy atom. The van der Waals surface area contributed by atoms with Crippen molar-refractivity contribution in [1.29, 1.82) is 0 Å². The van der Waals surface area contributed by atoms with Gasteiger partial charge < -0.3 is 28.8 Å². The predicted molar refractivity (Wildman–Crippen MR) is 155 cm³/mol. The number of benzene rings is 4. The molecule has 0 spiro atoms. The van der Waals surface area contributed by atoms with E-state index in [0.29, 0.717) is 53.1 Å². The highest BCUT2D eigenvalue weighted by Gasteiger charge is 2.60. The van der Waals surface area contributed by atoms with E-state index >= 15 is 0 Å². The maximum atomic E-state index is 14.0. The summed E-state index contributed by atoms with van der Waals surface area (Å²) in [6.45, 7) is 0.987. The van der Waals surface area contributed by atoms with Gasteiger partial charge in [0.15, 0.2) is 11.5 Å². The van der Waals surface area contributed by atoms with Gasteiger partial charge >= 0.3 is 11.9 Å². The van der Waals surface area contributed by atoms with E-state index in [2.05, 4.69) is 0 Å². The molecule has 8 heteroatoms. The van der Waals surface area contributed by atoms with E-state index in [1.807, 2.05) is 54.6 Å². The van der Waals surface area contributed by atoms with Gasteiger partial charge in [-0.15, -0.1) is 0 Å². The summed E-state index contributed by atoms with van der Waals surface area (Å²) in [5.41, 5.74) is 3.00. The van der Waals surface area contributed by atoms with Gasteiger partial charge in [-0.2, -0.15) is 0 Å². The Morgan fingerprint density at radius 2 is 1.29 bits per heavy atom. The fraction of sp³-hybridized carbons (Fsp3) is 0.235. The molecule has 2 aliphatic rings. The molecule has 0 radical (unpaired) electrons. The zero-order chi connectivity index (χ0) is 29.2. The Bertz CT molecular complexity index is 1570. The van der Waals surface area contributed by atoms with Gasteiger partial charge in [-0.1, -0.05) is 54.6 Å². The van der Waals surface area contributed by atoms with Crippen LogP contribution in [0, 0.1) is 11.8 Å². The molecule has 1 heterocycles. The summed E-state index contributed by atoms with van der Waals surface area (Å²) < 4.78 is 28.5. The molecular weight excluding hydrogens is 536 g/mol. The predicted octanol–water partition coefficient (Wildman–Crippen LogP) is 5.95. The molecule has 0 saturated heterocycles. The first-order chi connectivity index (χ1) is 20.5. The number of hydrogen-bond acceptors (Lipinski definition) is 7. The van der Waals surface area contributed by atoms with Crippen molar-refractivity contribution in [3.63, 3.8) is 0 Å². The number of esters is 1. The maximum Gasteiger partial charge on any atom is 0.315 e. The van der Waals surface area contributed by atoms with Crippen LogP contribution in [-0.2, 0) is 9.59 Å². The van der Waals surface area contributed by atoms with Crippen LogP contribution in [0.1, 0.15) is 23.0 Å². The van der Waals surface area contributed by atoms with Gasteiger partial charge in [0.25, 0.3) is 0 Å². The van der Waals surface area contributed by atoms with E-state index in [1.54, 1.807) is 36.4 Å². The molecule has 6 rings (SSSR count). The number of rotatable bonds is 8. The highest BCUT2D eigenvalue weighted by Crippen LogP contribution is 2.60. The lowest BCUT2D eigenvalue weighted by Gasteiger charge is -2.49. The average molecular weight is 567 g/mol. The number of fused-ring (bicyclic) bond motifs is 1. The van der Waals surface area contributed by atoms with Gasteiger partial charge in [0, 0.05) is 11.8 Å². The van der Waals surface area contributed by atoms with Crippen LogP contribution < -0.4 is 23.7 Å². The third-order valence-electron chi connectivity index (χ3n) is 8.03. The van der Waals surface area contributed by atoms with E-state index in [9.17, 15) is 14.7 Å². The summed E-state index contributed by atoms with van der Waals surface area (Å²) in [6.07, 6.45) is 0. The lowest BCUT2D eigenvalue weighted by atomic mass is 9.52. The molecule has 42 heavy (non-hydrogen) atoms. The Labute approximate surface area is 243 Å². The van der Waals surface area contributed by atoms with Crippen molar-refractivity contribution in [2.75, 3.05) is 27.4 Å². The fourth-order valence-corrected chi connectivity index (χ4v) is 6.15. The quantitative estimate of drug-likeness (QED) is 0.206. The molecular formula is C34H30O8. The van der Waals surface area contributed by atoms with Crippen molar-refractivity contribution >= 4 is 11.9 Å². The zero-order valence-corrected chi connectivity index (χ0v) is 23.2. The highest BCUT2D eigenvalue weighted by molar-refractivity contribution is 5.86. The van der Waals surface area contributed by atoms with E-state index in [-0.39, 0.29) is 0 Å². The number of carboxylic acids is 1. The van der Waals surface area contributed by atoms with Gasteiger partial charge in [0.2, 0.25) is 0 Å². The summed E-state index contributed by atoms with van der Waals surface area (Å²) >= 11 is 0. The van der Waals surface area contributed by atoms with Crippen molar-refractivity contribution in [3.05, 3.63) is 102 Å². The molecule has 1 N–H and O–H groups in total. The third-order valence-corrected chi connectivity index (χ3v) is 8.03. The smallest absolute Gasteiger partial charge is 0.315 e. The van der Waals surface area contributed by atoms with Crippen LogP contribution in [0.5, 0.6) is 28.7 Å². The topological polar surface area (TPSA) is 101 Å². The number of para-hydroxylation sites is 2. The summed E-state index contributed by atoms with van der Waals surface area (Å²) in [4.78, 5) is 26.8. The molecule has 4 aromatic carbocycles. The first kappa shape index (κ1) is 27.2. The van der Waals surface area contributed by atoms with Crippen molar-refractivity contribution in [2.45, 2.75) is 11.8 Å². The number of carbonyl (C=O) groups excluding carboxylic acids is 1. The lowest BCUT2D eigenvalue weighted by molar-refractivity contribution is -0.158. The van der Waals surface area contributed by atoms with Crippen LogP contribution in [0.4, 0.5) is 0 Å². The standard InChI is InChI=1S/C34H30O8/c1-38-25-12-5-3-10-23(25)29-31(33(35)36)30(24-11-4-6-13-26(24)39-2)32(29)34(37)42-22-9-7-8-20(18-22)21-14-15-27-28(19-21)41-17-16-40-27/h3-15,18-19,29-32H,16-17H2,1-2H3,(H,35,36)/t29-,30?,31?,32-/m0/s1. The number of carboxylic acid groups (broad SMARTS) is 1. The normalized spacial score (nSPS) is 20.6. The molecule has 4 atom stereocenters. The van der Waals surface area contributed by atoms with Crippen molar-refractivity contribution < 1.29 is 38.4 Å². The Hall–Kier alpha value is -4.98. The molecule has 0 amide bonds. The Balaban J connectivity index is 1.36. The molecule has 8 nitrogen and oxygen atoms in total. The van der Waals surface area contributed by atoms with Crippen molar-refractivity contribution in [2.24, 2.45) is 11.8 Å². The van der Waals surface area contributed by atoms with Crippen LogP contribution in [0.3, 0.4) is 0 Å². The average Bonchev–Trinajstić information content (AvgIpc) is 3.00. The van der Waals surface area contributed by atoms with Crippen molar-refractivity contribution in [3.8, 4) is 39.9 Å². The van der Waals surface area contributed by atoms with Gasteiger partial charge in [-0.25, -0.2) is 0 Å². The second kappa shape index (κ2) is 11.5. The largest absolute Gasteiger partial charge is 0.496 e. The van der Waals surface area contributed by atoms with Crippen LogP contribution >= 0.6 is 0 Å². The van der Waals surface area contributed by atoms with Crippen molar-refractivity contribution in [1.82, 2.24) is 0 Å². The molecule has 1 aliphatic carbocycles. The highest BCUT2D eigenvalue weighted by atomic mass is 16.6. The number of hydrogen-bond donors (Lipinski definition) is 1. The third kappa shape index (κ3) is 4.89. The summed E-state index contributed by atoms with van der Waals surface area (Å²) in [7, 11) is 3.06. The van der Waals surface area contributed by atoms with Crippen LogP contribution in [-0.4, -0.2) is 44.5 Å². The number of methoxy groups -OCH3 is 2. The molecule has 1 fully saturated rings. The summed E-state index contributed by atoms with van der Waals surface area (Å²) in [5.74, 6) is -1.87. The second-order valence-corrected chi connectivity index (χ2v) is 10.2. The van der Waals surface area contributed by atoms with Gasteiger partial charge in [-0.3, -0.25) is 9.59 Å². The van der Waals surface area contributed by atoms with Crippen LogP contribution in [0.25, 0.3) is 11.1 Å². The first-order valence-corrected chi connectivity index (χ1v) is 13.7. The molecule has 214 valence electrons. The van der Waals surface area contributed by atoms with E-state index in [1.165, 1.54) is 14.2 Å². The number of aliphatic carboxylic acids is 1. The Morgan fingerprint density at radius 1 is 0.690 bits per heavy atom. The molecule has 2 unspecified atom stereocenters. The summed E-state index contributed by atoms with van der Waals surface area (Å²) in [5, 5.41) is 10.4. The Kier molecular flexibility index (Phi) is 7.44. The molecule has 4 aromatic rings. The minimum absolute atomic E-state index is 0.351. The molecule has 1 saturated carbocycles. The molecule has 0 aromatic heterocycles. The van der Waals surface area contributed by atoms with E-state index in [0.717, 1.165) is 11.1 Å². The van der Waals surface area contributed by atoms with Crippen LogP contribution in [0.2, 0.25) is 0 Å². The fourth-order valence-electron chi connectivity index (χ4n) is 6.15. The van der Waals surface area contributed by atoms with Gasteiger partial charge in [0.1, 0.15) is 30.5 Å². The van der Waals surface area contributed by atoms with E-state index < -0.39 is 35.6 Å². The van der Waals surface area contributed by atoms with Gasteiger partial charge in [0.05, 0.1) is 26.1 Å². The SMILES string of the molecule is COc1ccccc1C1C(C(=O)O)[C@H](c2ccccc2OC)[C@@H]1C(=O)Oc1cccc(-c2ccc3c(c2)OCCO3)c1. The molecule has 1 aliphatic heterocycles. The van der Waals surface area contributed by atoms with Crippen LogP contribution in [0.15, 0.2) is 91.0 Å². The van der Waals surface area contributed by atoms with E-state index in [4.69, 9.17) is 23.7 Å². The lowest BCUT2D eigenvalue weighted by Crippen LogP contribution is -2.52. The maximum absolute atomic E-state index is 14.0. The number of ether oxygens (including phenoxy) is 5. The summed E-state index contributed by atoms with van der Waals surface area (Å²) in [6, 6.07) is 27.3. The monoisotopic (exact) mass is 566 g/mol. The molecule has 0 bridgehead atoms. The second-order valence-electron chi connectivity index (χ2n) is 10.2. The number of carbonyl (C=O) groups is 2. The van der Waals surface area contributed by atoms with Gasteiger partial charge in [-0.05, 0) is 58.7 Å². The first-order valence-electron chi connectivity index (χ1n) is 13.7. The minimum atomic E-state index is -1.01.